The Kier molecular flexibility index (Phi) is 7.28. The lowest BCUT2D eigenvalue weighted by Gasteiger charge is -2.30. The molecule has 0 bridgehead atoms. The van der Waals surface area contributed by atoms with Crippen LogP contribution in [0.5, 0.6) is 5.75 Å². The van der Waals surface area contributed by atoms with Crippen molar-refractivity contribution < 1.29 is 17.9 Å². The van der Waals surface area contributed by atoms with Crippen LogP contribution in [0.25, 0.3) is 10.6 Å². The number of hydrogen-bond acceptors (Lipinski definition) is 7. The Bertz CT molecular complexity index is 1220. The Morgan fingerprint density at radius 2 is 1.85 bits per heavy atom. The van der Waals surface area contributed by atoms with Gasteiger partial charge in [0.1, 0.15) is 10.8 Å². The van der Waals surface area contributed by atoms with E-state index in [-0.39, 0.29) is 30.7 Å². The third kappa shape index (κ3) is 5.70. The van der Waals surface area contributed by atoms with E-state index in [0.29, 0.717) is 33.6 Å². The summed E-state index contributed by atoms with van der Waals surface area (Å²) in [6.45, 7) is 0.580. The Labute approximate surface area is 201 Å². The van der Waals surface area contributed by atoms with Crippen LogP contribution in [-0.4, -0.2) is 49.0 Å². The molecule has 0 radical (unpaired) electrons. The number of benzene rings is 2. The van der Waals surface area contributed by atoms with Crippen molar-refractivity contribution in [2.75, 3.05) is 25.5 Å². The summed E-state index contributed by atoms with van der Waals surface area (Å²) in [6.07, 6.45) is 0.884. The van der Waals surface area contributed by atoms with E-state index in [4.69, 9.17) is 16.3 Å². The second kappa shape index (κ2) is 10.2. The van der Waals surface area contributed by atoms with Gasteiger partial charge in [-0.15, -0.1) is 10.2 Å². The van der Waals surface area contributed by atoms with Gasteiger partial charge >= 0.3 is 0 Å². The van der Waals surface area contributed by atoms with Crippen molar-refractivity contribution in [2.45, 2.75) is 18.6 Å². The molecule has 174 valence electrons. The van der Waals surface area contributed by atoms with Crippen LogP contribution >= 0.6 is 22.9 Å². The summed E-state index contributed by atoms with van der Waals surface area (Å²) < 4.78 is 32.2. The number of carbonyl (C=O) groups excluding carboxylic acids is 1. The molecule has 0 saturated carbocycles. The number of anilines is 1. The molecule has 1 fully saturated rings. The van der Waals surface area contributed by atoms with Crippen LogP contribution in [0.15, 0.2) is 48.5 Å². The van der Waals surface area contributed by atoms with Crippen molar-refractivity contribution in [2.24, 2.45) is 5.92 Å². The minimum absolute atomic E-state index is 0.150. The summed E-state index contributed by atoms with van der Waals surface area (Å²) in [5.41, 5.74) is 1.45. The van der Waals surface area contributed by atoms with Crippen molar-refractivity contribution in [1.29, 1.82) is 0 Å². The molecule has 1 aliphatic rings. The normalized spacial score (nSPS) is 15.3. The fourth-order valence-electron chi connectivity index (χ4n) is 3.63. The summed E-state index contributed by atoms with van der Waals surface area (Å²) in [5, 5.41) is 12.6. The molecule has 4 rings (SSSR count). The van der Waals surface area contributed by atoms with Crippen molar-refractivity contribution in [3.63, 3.8) is 0 Å². The molecular weight excluding hydrogens is 484 g/mol. The van der Waals surface area contributed by atoms with Gasteiger partial charge in [0, 0.05) is 29.6 Å². The number of ether oxygens (including phenoxy) is 1. The molecule has 0 atom stereocenters. The summed E-state index contributed by atoms with van der Waals surface area (Å²) >= 11 is 7.40. The average Bonchev–Trinajstić information content (AvgIpc) is 3.29. The maximum absolute atomic E-state index is 12.8. The lowest BCUT2D eigenvalue weighted by Crippen LogP contribution is -2.41. The molecular formula is C22H23ClN4O4S2. The Morgan fingerprint density at radius 3 is 2.52 bits per heavy atom. The number of hydrogen-bond donors (Lipinski definition) is 1. The highest BCUT2D eigenvalue weighted by atomic mass is 35.5. The van der Waals surface area contributed by atoms with Crippen LogP contribution in [0.4, 0.5) is 5.13 Å². The molecule has 0 spiro atoms. The van der Waals surface area contributed by atoms with Crippen molar-refractivity contribution in [1.82, 2.24) is 14.5 Å². The van der Waals surface area contributed by atoms with Crippen molar-refractivity contribution >= 4 is 44.0 Å². The minimum atomic E-state index is -3.51. The molecule has 33 heavy (non-hydrogen) atoms. The first-order valence-corrected chi connectivity index (χ1v) is 13.2. The van der Waals surface area contributed by atoms with Gasteiger partial charge in [0.05, 0.1) is 12.9 Å². The quantitative estimate of drug-likeness (QED) is 0.518. The summed E-state index contributed by atoms with van der Waals surface area (Å²) in [4.78, 5) is 12.7. The number of sulfonamides is 1. The number of methoxy groups -OCH3 is 1. The zero-order valence-electron chi connectivity index (χ0n) is 17.9. The van der Waals surface area contributed by atoms with Crippen LogP contribution in [-0.2, 0) is 20.6 Å². The van der Waals surface area contributed by atoms with E-state index in [1.54, 1.807) is 31.4 Å². The molecule has 0 aliphatic carbocycles. The fourth-order valence-corrected chi connectivity index (χ4v) is 6.26. The van der Waals surface area contributed by atoms with Crippen LogP contribution in [0.2, 0.25) is 5.02 Å². The van der Waals surface area contributed by atoms with Crippen LogP contribution in [0.3, 0.4) is 0 Å². The fraction of sp³-hybridized carbons (Fsp3) is 0.318. The third-order valence-electron chi connectivity index (χ3n) is 5.51. The highest BCUT2D eigenvalue weighted by Crippen LogP contribution is 2.29. The second-order valence-corrected chi connectivity index (χ2v) is 11.0. The lowest BCUT2D eigenvalue weighted by atomic mass is 9.97. The number of amides is 1. The molecule has 1 N–H and O–H groups in total. The average molecular weight is 507 g/mol. The summed E-state index contributed by atoms with van der Waals surface area (Å²) in [5.74, 6) is 0.139. The van der Waals surface area contributed by atoms with Gasteiger partial charge in [-0.3, -0.25) is 4.79 Å². The predicted octanol–water partition coefficient (Wildman–Crippen LogP) is 4.05. The third-order valence-corrected chi connectivity index (χ3v) is 8.59. The number of halogens is 1. The molecule has 1 saturated heterocycles. The highest BCUT2D eigenvalue weighted by molar-refractivity contribution is 7.88. The van der Waals surface area contributed by atoms with Crippen molar-refractivity contribution in [3.8, 4) is 16.3 Å². The number of nitrogens with zero attached hydrogens (tertiary/aromatic N) is 3. The maximum atomic E-state index is 12.8. The largest absolute Gasteiger partial charge is 0.497 e. The Morgan fingerprint density at radius 1 is 1.15 bits per heavy atom. The first kappa shape index (κ1) is 23.6. The molecule has 2 heterocycles. The molecule has 8 nitrogen and oxygen atoms in total. The van der Waals surface area contributed by atoms with Crippen LogP contribution in [0.1, 0.15) is 18.4 Å². The monoisotopic (exact) mass is 506 g/mol. The van der Waals surface area contributed by atoms with E-state index in [0.717, 1.165) is 11.3 Å². The van der Waals surface area contributed by atoms with Gasteiger partial charge < -0.3 is 10.1 Å². The number of aromatic nitrogens is 2. The highest BCUT2D eigenvalue weighted by Gasteiger charge is 2.32. The molecule has 1 aliphatic heterocycles. The summed E-state index contributed by atoms with van der Waals surface area (Å²) in [7, 11) is -1.91. The van der Waals surface area contributed by atoms with E-state index in [2.05, 4.69) is 15.5 Å². The van der Waals surface area contributed by atoms with Crippen LogP contribution in [0, 0.1) is 5.92 Å². The molecule has 3 aromatic rings. The molecule has 1 aromatic heterocycles. The minimum Gasteiger partial charge on any atom is -0.497 e. The van der Waals surface area contributed by atoms with Crippen molar-refractivity contribution in [3.05, 3.63) is 59.1 Å². The Hall–Kier alpha value is -2.53. The first-order valence-electron chi connectivity index (χ1n) is 10.4. The van der Waals surface area contributed by atoms with Gasteiger partial charge in [0.15, 0.2) is 0 Å². The second-order valence-electron chi connectivity index (χ2n) is 7.65. The topological polar surface area (TPSA) is 101 Å². The van der Waals surface area contributed by atoms with E-state index >= 15 is 0 Å². The van der Waals surface area contributed by atoms with Gasteiger partial charge in [0.25, 0.3) is 0 Å². The SMILES string of the molecule is COc1ccc(-c2nnc(NC(=O)C3CCN(S(=O)(=O)Cc4ccccc4Cl)CC3)s2)cc1. The zero-order chi connectivity index (χ0) is 23.4. The summed E-state index contributed by atoms with van der Waals surface area (Å²) in [6, 6.07) is 14.3. The number of carbonyl (C=O) groups is 1. The van der Waals surface area contributed by atoms with Gasteiger partial charge in [-0.05, 0) is 48.7 Å². The van der Waals surface area contributed by atoms with Gasteiger partial charge in [0.2, 0.25) is 21.1 Å². The van der Waals surface area contributed by atoms with Gasteiger partial charge in [-0.1, -0.05) is 41.1 Å². The van der Waals surface area contributed by atoms with E-state index < -0.39 is 10.0 Å². The van der Waals surface area contributed by atoms with Gasteiger partial charge in [-0.25, -0.2) is 12.7 Å². The molecule has 2 aromatic carbocycles. The molecule has 0 unspecified atom stereocenters. The van der Waals surface area contributed by atoms with E-state index in [1.165, 1.54) is 15.6 Å². The number of rotatable bonds is 7. The van der Waals surface area contributed by atoms with E-state index in [1.807, 2.05) is 24.3 Å². The van der Waals surface area contributed by atoms with E-state index in [9.17, 15) is 13.2 Å². The zero-order valence-corrected chi connectivity index (χ0v) is 20.3. The van der Waals surface area contributed by atoms with Crippen LogP contribution < -0.4 is 10.1 Å². The predicted molar refractivity (Wildman–Crippen MR) is 129 cm³/mol. The Balaban J connectivity index is 1.32. The molecule has 1 amide bonds. The van der Waals surface area contributed by atoms with Gasteiger partial charge in [-0.2, -0.15) is 0 Å². The smallest absolute Gasteiger partial charge is 0.229 e. The number of piperidine rings is 1. The molecule has 11 heteroatoms. The standard InChI is InChI=1S/C22H23ClN4O4S2/c1-31-18-8-6-16(7-9-18)21-25-26-22(32-21)24-20(28)15-10-12-27(13-11-15)33(29,30)14-17-4-2-3-5-19(17)23/h2-9,15H,10-14H2,1H3,(H,24,26,28). The number of nitrogens with one attached hydrogen (secondary N) is 1. The maximum Gasteiger partial charge on any atom is 0.229 e. The first-order chi connectivity index (χ1) is 15.9. The lowest BCUT2D eigenvalue weighted by molar-refractivity contribution is -0.120.